The van der Waals surface area contributed by atoms with Gasteiger partial charge in [0, 0.05) is 10.9 Å². The van der Waals surface area contributed by atoms with Gasteiger partial charge in [-0.3, -0.25) is 4.79 Å². The first-order valence-electron chi connectivity index (χ1n) is 8.66. The number of fused-ring (bicyclic) bond motifs is 1. The number of hydrogen-bond acceptors (Lipinski definition) is 6. The third kappa shape index (κ3) is 4.13. The fraction of sp³-hybridized carbons (Fsp3) is 0.300. The number of furan rings is 2. The quantitative estimate of drug-likeness (QED) is 0.638. The number of esters is 1. The molecule has 7 nitrogen and oxygen atoms in total. The molecule has 0 unspecified atom stereocenters. The predicted octanol–water partition coefficient (Wildman–Crippen LogP) is 3.59. The standard InChI is InChI=1S/C20H21NO6/c1-4-24-14-7-8-17-16(10-14)12(2)18(27-17)20(23)26-13(3)19(22)21-11-15-6-5-9-25-15/h5-10,13H,4,11H2,1-3H3,(H,21,22)/t13-/m1/s1. The molecular weight excluding hydrogens is 350 g/mol. The Bertz CT molecular complexity index is 941. The zero-order valence-corrected chi connectivity index (χ0v) is 15.4. The van der Waals surface area contributed by atoms with Gasteiger partial charge in [0.25, 0.3) is 5.91 Å². The van der Waals surface area contributed by atoms with Crippen molar-refractivity contribution in [3.05, 3.63) is 53.7 Å². The second-order valence-electron chi connectivity index (χ2n) is 5.99. The molecule has 3 rings (SSSR count). The van der Waals surface area contributed by atoms with Crippen molar-refractivity contribution in [2.75, 3.05) is 6.61 Å². The normalized spacial score (nSPS) is 12.0. The maximum absolute atomic E-state index is 12.4. The van der Waals surface area contributed by atoms with Gasteiger partial charge >= 0.3 is 5.97 Å². The van der Waals surface area contributed by atoms with Gasteiger partial charge in [0.2, 0.25) is 5.76 Å². The molecule has 0 radical (unpaired) electrons. The van der Waals surface area contributed by atoms with Crippen LogP contribution < -0.4 is 10.1 Å². The highest BCUT2D eigenvalue weighted by Crippen LogP contribution is 2.29. The van der Waals surface area contributed by atoms with Crippen molar-refractivity contribution < 1.29 is 27.9 Å². The van der Waals surface area contributed by atoms with Gasteiger partial charge in [0.15, 0.2) is 6.10 Å². The number of ether oxygens (including phenoxy) is 2. The third-order valence-corrected chi connectivity index (χ3v) is 4.07. The number of carbonyl (C=O) groups excluding carboxylic acids is 2. The topological polar surface area (TPSA) is 90.9 Å². The van der Waals surface area contributed by atoms with Crippen LogP contribution in [0.3, 0.4) is 0 Å². The van der Waals surface area contributed by atoms with Gasteiger partial charge in [-0.25, -0.2) is 4.79 Å². The highest BCUT2D eigenvalue weighted by atomic mass is 16.6. The molecule has 1 aromatic carbocycles. The molecule has 7 heteroatoms. The van der Waals surface area contributed by atoms with Crippen LogP contribution in [-0.4, -0.2) is 24.6 Å². The van der Waals surface area contributed by atoms with E-state index < -0.39 is 18.0 Å². The lowest BCUT2D eigenvalue weighted by molar-refractivity contribution is -0.129. The largest absolute Gasteiger partial charge is 0.494 e. The molecule has 3 aromatic rings. The van der Waals surface area contributed by atoms with Gasteiger partial charge in [-0.05, 0) is 51.1 Å². The van der Waals surface area contributed by atoms with Crippen LogP contribution in [-0.2, 0) is 16.1 Å². The van der Waals surface area contributed by atoms with E-state index in [1.807, 2.05) is 13.0 Å². The highest BCUT2D eigenvalue weighted by molar-refractivity contribution is 5.97. The molecule has 2 heterocycles. The molecule has 1 N–H and O–H groups in total. The van der Waals surface area contributed by atoms with Crippen molar-refractivity contribution in [1.29, 1.82) is 0 Å². The Balaban J connectivity index is 1.67. The van der Waals surface area contributed by atoms with Crippen molar-refractivity contribution in [2.45, 2.75) is 33.4 Å². The van der Waals surface area contributed by atoms with Crippen LogP contribution in [0.1, 0.15) is 35.7 Å². The van der Waals surface area contributed by atoms with E-state index >= 15 is 0 Å². The molecule has 0 saturated heterocycles. The molecule has 0 aliphatic heterocycles. The van der Waals surface area contributed by atoms with Crippen LogP contribution in [0, 0.1) is 6.92 Å². The summed E-state index contributed by atoms with van der Waals surface area (Å²) in [7, 11) is 0. The molecule has 0 bridgehead atoms. The second-order valence-corrected chi connectivity index (χ2v) is 5.99. The highest BCUT2D eigenvalue weighted by Gasteiger charge is 2.24. The van der Waals surface area contributed by atoms with E-state index in [2.05, 4.69) is 5.32 Å². The average Bonchev–Trinajstić information content (AvgIpc) is 3.28. The number of amides is 1. The predicted molar refractivity (Wildman–Crippen MR) is 97.6 cm³/mol. The Kier molecular flexibility index (Phi) is 5.49. The Labute approximate surface area is 156 Å². The summed E-state index contributed by atoms with van der Waals surface area (Å²) >= 11 is 0. The summed E-state index contributed by atoms with van der Waals surface area (Å²) < 4.78 is 21.5. The summed E-state index contributed by atoms with van der Waals surface area (Å²) in [6.45, 7) is 5.92. The zero-order valence-electron chi connectivity index (χ0n) is 15.4. The number of carbonyl (C=O) groups is 2. The van der Waals surface area contributed by atoms with Crippen LogP contribution >= 0.6 is 0 Å². The van der Waals surface area contributed by atoms with E-state index in [1.165, 1.54) is 13.2 Å². The molecule has 0 saturated carbocycles. The van der Waals surface area contributed by atoms with E-state index in [1.54, 1.807) is 31.2 Å². The second kappa shape index (κ2) is 7.99. The Morgan fingerprint density at radius 2 is 2.07 bits per heavy atom. The average molecular weight is 371 g/mol. The lowest BCUT2D eigenvalue weighted by atomic mass is 10.1. The lowest BCUT2D eigenvalue weighted by Gasteiger charge is -2.12. The summed E-state index contributed by atoms with van der Waals surface area (Å²) in [5.41, 5.74) is 1.19. The van der Waals surface area contributed by atoms with Gasteiger partial charge < -0.3 is 23.6 Å². The number of rotatable bonds is 7. The van der Waals surface area contributed by atoms with E-state index in [0.29, 0.717) is 29.3 Å². The number of aryl methyl sites for hydroxylation is 1. The zero-order chi connectivity index (χ0) is 19.4. The van der Waals surface area contributed by atoms with Crippen LogP contribution in [0.25, 0.3) is 11.0 Å². The van der Waals surface area contributed by atoms with E-state index in [4.69, 9.17) is 18.3 Å². The van der Waals surface area contributed by atoms with Gasteiger partial charge in [0.1, 0.15) is 17.1 Å². The van der Waals surface area contributed by atoms with Gasteiger partial charge in [0.05, 0.1) is 19.4 Å². The fourth-order valence-electron chi connectivity index (χ4n) is 2.65. The molecule has 1 atom stereocenters. The summed E-state index contributed by atoms with van der Waals surface area (Å²) in [4.78, 5) is 24.5. The van der Waals surface area contributed by atoms with Gasteiger partial charge in [-0.2, -0.15) is 0 Å². The summed E-state index contributed by atoms with van der Waals surface area (Å²) in [6, 6.07) is 8.80. The molecule has 27 heavy (non-hydrogen) atoms. The number of hydrogen-bond donors (Lipinski definition) is 1. The molecule has 2 aromatic heterocycles. The first-order valence-corrected chi connectivity index (χ1v) is 8.66. The summed E-state index contributed by atoms with van der Waals surface area (Å²) in [6.07, 6.45) is 0.547. The third-order valence-electron chi connectivity index (χ3n) is 4.07. The van der Waals surface area contributed by atoms with Crippen molar-refractivity contribution in [3.8, 4) is 5.75 Å². The van der Waals surface area contributed by atoms with E-state index in [9.17, 15) is 9.59 Å². The van der Waals surface area contributed by atoms with Crippen LogP contribution in [0.2, 0.25) is 0 Å². The molecule has 142 valence electrons. The summed E-state index contributed by atoms with van der Waals surface area (Å²) in [5, 5.41) is 3.41. The smallest absolute Gasteiger partial charge is 0.375 e. The minimum atomic E-state index is -0.973. The first kappa shape index (κ1) is 18.6. The minimum absolute atomic E-state index is 0.0735. The fourth-order valence-corrected chi connectivity index (χ4v) is 2.65. The maximum atomic E-state index is 12.4. The molecule has 0 aliphatic carbocycles. The van der Waals surface area contributed by atoms with Gasteiger partial charge in [-0.15, -0.1) is 0 Å². The lowest BCUT2D eigenvalue weighted by Crippen LogP contribution is -2.35. The van der Waals surface area contributed by atoms with Crippen LogP contribution in [0.5, 0.6) is 5.75 Å². The molecular formula is C20H21NO6. The van der Waals surface area contributed by atoms with E-state index in [-0.39, 0.29) is 12.3 Å². The number of nitrogens with one attached hydrogen (secondary N) is 1. The maximum Gasteiger partial charge on any atom is 0.375 e. The summed E-state index contributed by atoms with van der Waals surface area (Å²) in [5.74, 6) is 0.262. The van der Waals surface area contributed by atoms with E-state index in [0.717, 1.165) is 5.39 Å². The van der Waals surface area contributed by atoms with Crippen LogP contribution in [0.4, 0.5) is 0 Å². The van der Waals surface area contributed by atoms with Crippen molar-refractivity contribution in [3.63, 3.8) is 0 Å². The SMILES string of the molecule is CCOc1ccc2oc(C(=O)O[C@H](C)C(=O)NCc3ccco3)c(C)c2c1. The van der Waals surface area contributed by atoms with Crippen molar-refractivity contribution in [1.82, 2.24) is 5.32 Å². The molecule has 1 amide bonds. The monoisotopic (exact) mass is 371 g/mol. The molecule has 0 aliphatic rings. The van der Waals surface area contributed by atoms with Gasteiger partial charge in [-0.1, -0.05) is 0 Å². The van der Waals surface area contributed by atoms with Crippen molar-refractivity contribution >= 4 is 22.8 Å². The number of benzene rings is 1. The minimum Gasteiger partial charge on any atom is -0.494 e. The molecule has 0 spiro atoms. The first-order chi connectivity index (χ1) is 13.0. The van der Waals surface area contributed by atoms with Crippen molar-refractivity contribution in [2.24, 2.45) is 0 Å². The molecule has 0 fully saturated rings. The Morgan fingerprint density at radius 3 is 2.78 bits per heavy atom. The Morgan fingerprint density at radius 1 is 1.26 bits per heavy atom. The van der Waals surface area contributed by atoms with Crippen LogP contribution in [0.15, 0.2) is 45.4 Å². The Hall–Kier alpha value is -3.22.